The van der Waals surface area contributed by atoms with E-state index in [1.165, 1.54) is 0 Å². The second-order valence-corrected chi connectivity index (χ2v) is 4.09. The lowest BCUT2D eigenvalue weighted by molar-refractivity contribution is 1.28. The van der Waals surface area contributed by atoms with Gasteiger partial charge in [-0.1, -0.05) is 29.3 Å². The van der Waals surface area contributed by atoms with E-state index in [0.717, 1.165) is 5.69 Å². The van der Waals surface area contributed by atoms with Gasteiger partial charge in [-0.05, 0) is 30.3 Å². The average molecular weight is 266 g/mol. The number of benzene rings is 1. The number of nitrogens with one attached hydrogen (secondary N) is 1. The molecule has 0 aliphatic heterocycles. The number of pyridine rings is 1. The lowest BCUT2D eigenvalue weighted by atomic mass is 10.3. The Morgan fingerprint density at radius 2 is 2.06 bits per heavy atom. The maximum absolute atomic E-state index is 5.97. The van der Waals surface area contributed by atoms with Crippen LogP contribution in [0.1, 0.15) is 5.69 Å². The Morgan fingerprint density at radius 1 is 1.18 bits per heavy atom. The first-order valence-electron chi connectivity index (χ1n) is 4.91. The first-order valence-corrected chi connectivity index (χ1v) is 5.66. The number of aromatic nitrogens is 1. The highest BCUT2D eigenvalue weighted by Gasteiger charge is 1.98. The normalized spacial score (nSPS) is 10.7. The largest absolute Gasteiger partial charge is 0.277 e. The summed E-state index contributed by atoms with van der Waals surface area (Å²) < 4.78 is 0. The summed E-state index contributed by atoms with van der Waals surface area (Å²) in [5.74, 6) is 0. The van der Waals surface area contributed by atoms with E-state index in [2.05, 4.69) is 15.5 Å². The van der Waals surface area contributed by atoms with Gasteiger partial charge in [-0.2, -0.15) is 5.10 Å². The summed E-state index contributed by atoms with van der Waals surface area (Å²) in [5, 5.41) is 5.20. The standard InChI is InChI=1S/C12H9Cl2N3/c13-9-4-5-11(14)12(7-9)17-16-8-10-3-1-2-6-15-10/h1-8,17H. The molecule has 0 saturated carbocycles. The Morgan fingerprint density at radius 3 is 2.82 bits per heavy atom. The van der Waals surface area contributed by atoms with Crippen LogP contribution >= 0.6 is 23.2 Å². The van der Waals surface area contributed by atoms with Gasteiger partial charge >= 0.3 is 0 Å². The third kappa shape index (κ3) is 3.44. The quantitative estimate of drug-likeness (QED) is 0.677. The molecule has 2 aromatic rings. The van der Waals surface area contributed by atoms with Gasteiger partial charge in [0.15, 0.2) is 0 Å². The Labute approximate surface area is 109 Å². The van der Waals surface area contributed by atoms with Crippen molar-refractivity contribution in [2.45, 2.75) is 0 Å². The maximum Gasteiger partial charge on any atom is 0.0830 e. The second-order valence-electron chi connectivity index (χ2n) is 3.25. The van der Waals surface area contributed by atoms with Crippen LogP contribution in [0.3, 0.4) is 0 Å². The molecule has 0 bridgehead atoms. The molecule has 86 valence electrons. The van der Waals surface area contributed by atoms with Gasteiger partial charge in [-0.3, -0.25) is 10.4 Å². The number of hydrogen-bond donors (Lipinski definition) is 1. The van der Waals surface area contributed by atoms with Crippen molar-refractivity contribution in [3.63, 3.8) is 0 Å². The van der Waals surface area contributed by atoms with E-state index in [1.807, 2.05) is 18.2 Å². The van der Waals surface area contributed by atoms with Gasteiger partial charge in [0.2, 0.25) is 0 Å². The monoisotopic (exact) mass is 265 g/mol. The van der Waals surface area contributed by atoms with Crippen LogP contribution in [0, 0.1) is 0 Å². The molecular formula is C12H9Cl2N3. The Balaban J connectivity index is 2.07. The van der Waals surface area contributed by atoms with Crippen LogP contribution in [0.2, 0.25) is 10.0 Å². The number of rotatable bonds is 3. The average Bonchev–Trinajstić information content (AvgIpc) is 2.35. The topological polar surface area (TPSA) is 37.3 Å². The number of hydrazone groups is 1. The van der Waals surface area contributed by atoms with Gasteiger partial charge in [-0.15, -0.1) is 0 Å². The van der Waals surface area contributed by atoms with Gasteiger partial charge < -0.3 is 0 Å². The van der Waals surface area contributed by atoms with Gasteiger partial charge in [0.05, 0.1) is 22.6 Å². The zero-order chi connectivity index (χ0) is 12.1. The lowest BCUT2D eigenvalue weighted by Gasteiger charge is -2.02. The molecule has 3 nitrogen and oxygen atoms in total. The number of halogens is 2. The molecule has 2 rings (SSSR count). The summed E-state index contributed by atoms with van der Waals surface area (Å²) in [6, 6.07) is 10.7. The predicted octanol–water partition coefficient (Wildman–Crippen LogP) is 3.83. The van der Waals surface area contributed by atoms with E-state index in [1.54, 1.807) is 30.6 Å². The fourth-order valence-corrected chi connectivity index (χ4v) is 1.54. The summed E-state index contributed by atoms with van der Waals surface area (Å²) >= 11 is 11.8. The molecule has 1 aromatic heterocycles. The van der Waals surface area contributed by atoms with E-state index >= 15 is 0 Å². The van der Waals surface area contributed by atoms with Crippen molar-refractivity contribution in [1.82, 2.24) is 4.98 Å². The number of nitrogens with zero attached hydrogens (tertiary/aromatic N) is 2. The zero-order valence-electron chi connectivity index (χ0n) is 8.77. The third-order valence-electron chi connectivity index (χ3n) is 2.00. The molecule has 1 heterocycles. The molecule has 0 fully saturated rings. The van der Waals surface area contributed by atoms with Gasteiger partial charge in [0.1, 0.15) is 0 Å². The number of hydrogen-bond acceptors (Lipinski definition) is 3. The van der Waals surface area contributed by atoms with Crippen molar-refractivity contribution >= 4 is 35.1 Å². The van der Waals surface area contributed by atoms with Crippen LogP contribution < -0.4 is 5.43 Å². The van der Waals surface area contributed by atoms with Crippen LogP contribution in [0.5, 0.6) is 0 Å². The fourth-order valence-electron chi connectivity index (χ4n) is 1.20. The molecule has 0 amide bonds. The molecule has 17 heavy (non-hydrogen) atoms. The minimum atomic E-state index is 0.563. The van der Waals surface area contributed by atoms with E-state index in [9.17, 15) is 0 Å². The van der Waals surface area contributed by atoms with Crippen LogP contribution in [0.4, 0.5) is 5.69 Å². The minimum Gasteiger partial charge on any atom is -0.277 e. The smallest absolute Gasteiger partial charge is 0.0830 e. The molecule has 0 radical (unpaired) electrons. The Kier molecular flexibility index (Phi) is 3.96. The van der Waals surface area contributed by atoms with E-state index < -0.39 is 0 Å². The van der Waals surface area contributed by atoms with E-state index in [-0.39, 0.29) is 0 Å². The molecule has 5 heteroatoms. The molecule has 0 atom stereocenters. The summed E-state index contributed by atoms with van der Waals surface area (Å²) in [4.78, 5) is 4.10. The first kappa shape index (κ1) is 11.9. The molecule has 1 aromatic carbocycles. The fraction of sp³-hybridized carbons (Fsp3) is 0. The van der Waals surface area contributed by atoms with Crippen LogP contribution in [0.25, 0.3) is 0 Å². The molecule has 1 N–H and O–H groups in total. The van der Waals surface area contributed by atoms with Crippen molar-refractivity contribution < 1.29 is 0 Å². The van der Waals surface area contributed by atoms with E-state index in [4.69, 9.17) is 23.2 Å². The lowest BCUT2D eigenvalue weighted by Crippen LogP contribution is -1.92. The van der Waals surface area contributed by atoms with Crippen LogP contribution in [-0.2, 0) is 0 Å². The van der Waals surface area contributed by atoms with Crippen molar-refractivity contribution in [2.24, 2.45) is 5.10 Å². The predicted molar refractivity (Wildman–Crippen MR) is 71.9 cm³/mol. The highest BCUT2D eigenvalue weighted by molar-refractivity contribution is 6.35. The summed E-state index contributed by atoms with van der Waals surface area (Å²) in [6.07, 6.45) is 3.31. The van der Waals surface area contributed by atoms with Gasteiger partial charge in [-0.25, -0.2) is 0 Å². The van der Waals surface area contributed by atoms with E-state index in [0.29, 0.717) is 15.7 Å². The summed E-state index contributed by atoms with van der Waals surface area (Å²) in [7, 11) is 0. The summed E-state index contributed by atoms with van der Waals surface area (Å²) in [6.45, 7) is 0. The van der Waals surface area contributed by atoms with Gasteiger partial charge in [0, 0.05) is 11.2 Å². The SMILES string of the molecule is Clc1ccc(Cl)c(NN=Cc2ccccn2)c1. The highest BCUT2D eigenvalue weighted by Crippen LogP contribution is 2.25. The van der Waals surface area contributed by atoms with Crippen molar-refractivity contribution in [3.05, 3.63) is 58.3 Å². The first-order chi connectivity index (χ1) is 8.25. The minimum absolute atomic E-state index is 0.563. The molecule has 0 aliphatic rings. The maximum atomic E-state index is 5.97. The third-order valence-corrected chi connectivity index (χ3v) is 2.56. The van der Waals surface area contributed by atoms with Gasteiger partial charge in [0.25, 0.3) is 0 Å². The second kappa shape index (κ2) is 5.66. The van der Waals surface area contributed by atoms with Crippen molar-refractivity contribution in [2.75, 3.05) is 5.43 Å². The zero-order valence-corrected chi connectivity index (χ0v) is 10.3. The molecule has 0 spiro atoms. The van der Waals surface area contributed by atoms with Crippen LogP contribution in [0.15, 0.2) is 47.7 Å². The van der Waals surface area contributed by atoms with Crippen molar-refractivity contribution in [1.29, 1.82) is 0 Å². The molecule has 0 aliphatic carbocycles. The number of anilines is 1. The Bertz CT molecular complexity index is 527. The summed E-state index contributed by atoms with van der Waals surface area (Å²) in [5.41, 5.74) is 4.24. The Hall–Kier alpha value is -1.58. The van der Waals surface area contributed by atoms with Crippen molar-refractivity contribution in [3.8, 4) is 0 Å². The molecule has 0 saturated heterocycles. The van der Waals surface area contributed by atoms with Crippen LogP contribution in [-0.4, -0.2) is 11.2 Å². The molecular weight excluding hydrogens is 257 g/mol. The highest BCUT2D eigenvalue weighted by atomic mass is 35.5. The molecule has 0 unspecified atom stereocenters.